The van der Waals surface area contributed by atoms with Crippen LogP contribution in [-0.2, 0) is 4.79 Å². The number of rotatable bonds is 5. The highest BCUT2D eigenvalue weighted by Crippen LogP contribution is 2.20. The average molecular weight is 223 g/mol. The standard InChI is InChI=1S/C11H17N3O2/c1-4-5-8(10(15)16)9-6-7-12-11(13-9)14(2)3/h6-8H,4-5H2,1-3H3,(H,15,16). The molecule has 1 rings (SSSR count). The normalized spacial score (nSPS) is 12.2. The Bertz CT molecular complexity index is 366. The van der Waals surface area contributed by atoms with Crippen molar-refractivity contribution in [1.82, 2.24) is 9.97 Å². The summed E-state index contributed by atoms with van der Waals surface area (Å²) in [6.07, 6.45) is 3.01. The first-order valence-electron chi connectivity index (χ1n) is 5.29. The van der Waals surface area contributed by atoms with Gasteiger partial charge in [0, 0.05) is 20.3 Å². The predicted molar refractivity (Wildman–Crippen MR) is 61.6 cm³/mol. The van der Waals surface area contributed by atoms with Crippen molar-refractivity contribution < 1.29 is 9.90 Å². The largest absolute Gasteiger partial charge is 0.481 e. The van der Waals surface area contributed by atoms with Gasteiger partial charge in [0.1, 0.15) is 0 Å². The lowest BCUT2D eigenvalue weighted by atomic mass is 10.00. The van der Waals surface area contributed by atoms with E-state index in [1.165, 1.54) is 0 Å². The van der Waals surface area contributed by atoms with Gasteiger partial charge in [-0.15, -0.1) is 0 Å². The summed E-state index contributed by atoms with van der Waals surface area (Å²) in [6, 6.07) is 1.67. The number of aromatic nitrogens is 2. The van der Waals surface area contributed by atoms with E-state index in [2.05, 4.69) is 9.97 Å². The maximum Gasteiger partial charge on any atom is 0.312 e. The van der Waals surface area contributed by atoms with Crippen molar-refractivity contribution in [2.45, 2.75) is 25.7 Å². The maximum atomic E-state index is 11.1. The van der Waals surface area contributed by atoms with Crippen LogP contribution in [0.3, 0.4) is 0 Å². The minimum absolute atomic E-state index is 0.535. The number of hydrogen-bond donors (Lipinski definition) is 1. The number of nitrogens with zero attached hydrogens (tertiary/aromatic N) is 3. The van der Waals surface area contributed by atoms with Crippen LogP contribution in [0.4, 0.5) is 5.95 Å². The minimum atomic E-state index is -0.828. The van der Waals surface area contributed by atoms with Crippen molar-refractivity contribution in [3.05, 3.63) is 18.0 Å². The Morgan fingerprint density at radius 3 is 2.75 bits per heavy atom. The zero-order chi connectivity index (χ0) is 12.1. The van der Waals surface area contributed by atoms with Crippen molar-refractivity contribution >= 4 is 11.9 Å². The lowest BCUT2D eigenvalue weighted by Gasteiger charge is -2.14. The summed E-state index contributed by atoms with van der Waals surface area (Å²) in [4.78, 5) is 21.2. The van der Waals surface area contributed by atoms with Crippen LogP contribution >= 0.6 is 0 Å². The molecular weight excluding hydrogens is 206 g/mol. The number of hydrogen-bond acceptors (Lipinski definition) is 4. The Morgan fingerprint density at radius 1 is 1.56 bits per heavy atom. The molecule has 0 radical (unpaired) electrons. The van der Waals surface area contributed by atoms with Crippen LogP contribution in [0.1, 0.15) is 31.4 Å². The highest BCUT2D eigenvalue weighted by atomic mass is 16.4. The van der Waals surface area contributed by atoms with Gasteiger partial charge in [-0.3, -0.25) is 4.79 Å². The molecule has 1 unspecified atom stereocenters. The van der Waals surface area contributed by atoms with Gasteiger partial charge in [-0.1, -0.05) is 13.3 Å². The van der Waals surface area contributed by atoms with Gasteiger partial charge in [0.05, 0.1) is 11.6 Å². The minimum Gasteiger partial charge on any atom is -0.481 e. The summed E-state index contributed by atoms with van der Waals surface area (Å²) in [5.41, 5.74) is 0.577. The fraction of sp³-hybridized carbons (Fsp3) is 0.545. The lowest BCUT2D eigenvalue weighted by Crippen LogP contribution is -2.17. The van der Waals surface area contributed by atoms with E-state index in [1.54, 1.807) is 17.2 Å². The third-order valence-corrected chi connectivity index (χ3v) is 2.30. The van der Waals surface area contributed by atoms with E-state index in [0.29, 0.717) is 18.1 Å². The van der Waals surface area contributed by atoms with Gasteiger partial charge in [0.15, 0.2) is 0 Å². The van der Waals surface area contributed by atoms with Crippen LogP contribution in [0.15, 0.2) is 12.3 Å². The van der Waals surface area contributed by atoms with E-state index in [1.807, 2.05) is 21.0 Å². The highest BCUT2D eigenvalue weighted by Gasteiger charge is 2.20. The molecule has 1 aromatic rings. The summed E-state index contributed by atoms with van der Waals surface area (Å²) in [6.45, 7) is 1.96. The fourth-order valence-electron chi connectivity index (χ4n) is 1.46. The summed E-state index contributed by atoms with van der Waals surface area (Å²) >= 11 is 0. The molecule has 1 heterocycles. The topological polar surface area (TPSA) is 66.3 Å². The summed E-state index contributed by atoms with van der Waals surface area (Å²) < 4.78 is 0. The Kier molecular flexibility index (Phi) is 4.22. The van der Waals surface area contributed by atoms with Crippen LogP contribution in [0, 0.1) is 0 Å². The third kappa shape index (κ3) is 2.92. The Labute approximate surface area is 95.1 Å². The molecule has 0 saturated heterocycles. The summed E-state index contributed by atoms with van der Waals surface area (Å²) in [5.74, 6) is -0.822. The number of carbonyl (C=O) groups is 1. The van der Waals surface area contributed by atoms with Gasteiger partial charge in [0.25, 0.3) is 0 Å². The Balaban J connectivity index is 3.00. The number of carboxylic acid groups (broad SMARTS) is 1. The molecule has 1 atom stereocenters. The molecular formula is C11H17N3O2. The molecule has 0 aliphatic carbocycles. The van der Waals surface area contributed by atoms with Gasteiger partial charge in [-0.05, 0) is 12.5 Å². The number of anilines is 1. The fourth-order valence-corrected chi connectivity index (χ4v) is 1.46. The van der Waals surface area contributed by atoms with Crippen molar-refractivity contribution in [3.8, 4) is 0 Å². The van der Waals surface area contributed by atoms with Gasteiger partial charge < -0.3 is 10.0 Å². The van der Waals surface area contributed by atoms with Gasteiger partial charge in [-0.25, -0.2) is 9.97 Å². The molecule has 5 nitrogen and oxygen atoms in total. The molecule has 5 heteroatoms. The number of carboxylic acids is 1. The van der Waals surface area contributed by atoms with E-state index in [4.69, 9.17) is 5.11 Å². The smallest absolute Gasteiger partial charge is 0.312 e. The first kappa shape index (κ1) is 12.4. The molecule has 0 amide bonds. The van der Waals surface area contributed by atoms with Gasteiger partial charge in [-0.2, -0.15) is 0 Å². The molecule has 1 N–H and O–H groups in total. The molecule has 0 aromatic carbocycles. The van der Waals surface area contributed by atoms with Crippen LogP contribution in [-0.4, -0.2) is 35.1 Å². The first-order valence-corrected chi connectivity index (χ1v) is 5.29. The third-order valence-electron chi connectivity index (χ3n) is 2.30. The predicted octanol–water partition coefficient (Wildman–Crippen LogP) is 1.51. The van der Waals surface area contributed by atoms with Crippen molar-refractivity contribution in [2.75, 3.05) is 19.0 Å². The molecule has 0 bridgehead atoms. The molecule has 1 aromatic heterocycles. The number of aliphatic carboxylic acids is 1. The second-order valence-corrected chi connectivity index (χ2v) is 3.86. The second kappa shape index (κ2) is 5.44. The van der Waals surface area contributed by atoms with Gasteiger partial charge >= 0.3 is 5.97 Å². The Morgan fingerprint density at radius 2 is 2.25 bits per heavy atom. The van der Waals surface area contributed by atoms with Crippen LogP contribution < -0.4 is 4.90 Å². The molecule has 0 fully saturated rings. The molecule has 0 aliphatic rings. The highest BCUT2D eigenvalue weighted by molar-refractivity contribution is 5.75. The molecule has 16 heavy (non-hydrogen) atoms. The monoisotopic (exact) mass is 223 g/mol. The van der Waals surface area contributed by atoms with Crippen LogP contribution in [0.5, 0.6) is 0 Å². The molecule has 0 aliphatic heterocycles. The molecule has 0 spiro atoms. The van der Waals surface area contributed by atoms with E-state index in [9.17, 15) is 4.79 Å². The van der Waals surface area contributed by atoms with Crippen molar-refractivity contribution in [1.29, 1.82) is 0 Å². The van der Waals surface area contributed by atoms with Crippen LogP contribution in [0.2, 0.25) is 0 Å². The Hall–Kier alpha value is -1.65. The SMILES string of the molecule is CCCC(C(=O)O)c1ccnc(N(C)C)n1. The van der Waals surface area contributed by atoms with E-state index in [0.717, 1.165) is 6.42 Å². The molecule has 88 valence electrons. The maximum absolute atomic E-state index is 11.1. The van der Waals surface area contributed by atoms with Gasteiger partial charge in [0.2, 0.25) is 5.95 Å². The van der Waals surface area contributed by atoms with E-state index < -0.39 is 11.9 Å². The lowest BCUT2D eigenvalue weighted by molar-refractivity contribution is -0.139. The summed E-state index contributed by atoms with van der Waals surface area (Å²) in [5, 5.41) is 9.11. The van der Waals surface area contributed by atoms with Crippen LogP contribution in [0.25, 0.3) is 0 Å². The van der Waals surface area contributed by atoms with Crippen molar-refractivity contribution in [3.63, 3.8) is 0 Å². The summed E-state index contributed by atoms with van der Waals surface area (Å²) in [7, 11) is 3.66. The zero-order valence-electron chi connectivity index (χ0n) is 9.84. The average Bonchev–Trinajstić information content (AvgIpc) is 2.25. The quantitative estimate of drug-likeness (QED) is 0.819. The second-order valence-electron chi connectivity index (χ2n) is 3.86. The van der Waals surface area contributed by atoms with Crippen molar-refractivity contribution in [2.24, 2.45) is 0 Å². The first-order chi connectivity index (χ1) is 7.56. The molecule has 0 saturated carbocycles. The zero-order valence-corrected chi connectivity index (χ0v) is 9.84. The van der Waals surface area contributed by atoms with E-state index >= 15 is 0 Å². The van der Waals surface area contributed by atoms with E-state index in [-0.39, 0.29) is 0 Å².